The maximum Gasteiger partial charge on any atom is 0.263 e. The molecule has 0 atom stereocenters. The Morgan fingerprint density at radius 3 is 2.34 bits per heavy atom. The Hall–Kier alpha value is -2.84. The molecule has 1 heterocycles. The Morgan fingerprint density at radius 1 is 0.938 bits per heavy atom. The summed E-state index contributed by atoms with van der Waals surface area (Å²) >= 11 is 6.03. The van der Waals surface area contributed by atoms with Crippen molar-refractivity contribution in [2.45, 2.75) is 50.0 Å². The quantitative estimate of drug-likeness (QED) is 0.407. The first-order valence-electron chi connectivity index (χ1n) is 10.7. The van der Waals surface area contributed by atoms with Gasteiger partial charge >= 0.3 is 0 Å². The van der Waals surface area contributed by atoms with E-state index in [0.717, 1.165) is 24.2 Å². The van der Waals surface area contributed by atoms with Gasteiger partial charge in [-0.05, 0) is 56.2 Å². The maximum absolute atomic E-state index is 12.6. The molecule has 7 nitrogen and oxygen atoms in total. The smallest absolute Gasteiger partial charge is 0.263 e. The van der Waals surface area contributed by atoms with Crippen LogP contribution in [0.1, 0.15) is 37.8 Å². The highest BCUT2D eigenvalue weighted by Gasteiger charge is 2.18. The lowest BCUT2D eigenvalue weighted by Gasteiger charge is -2.23. The summed E-state index contributed by atoms with van der Waals surface area (Å²) < 4.78 is 27.8. The summed E-state index contributed by atoms with van der Waals surface area (Å²) in [6, 6.07) is 15.6. The van der Waals surface area contributed by atoms with Gasteiger partial charge in [0.2, 0.25) is 5.95 Å². The van der Waals surface area contributed by atoms with Gasteiger partial charge in [-0.1, -0.05) is 43.0 Å². The number of anilines is 4. The molecule has 1 aromatic heterocycles. The molecule has 3 N–H and O–H groups in total. The van der Waals surface area contributed by atoms with Gasteiger partial charge in [0.25, 0.3) is 10.0 Å². The van der Waals surface area contributed by atoms with Crippen LogP contribution in [-0.2, 0) is 10.0 Å². The Labute approximate surface area is 193 Å². The predicted molar refractivity (Wildman–Crippen MR) is 129 cm³/mol. The third kappa shape index (κ3) is 5.69. The molecular weight excluding hydrogens is 446 g/mol. The molecule has 1 saturated carbocycles. The summed E-state index contributed by atoms with van der Waals surface area (Å²) in [7, 11) is -3.77. The van der Waals surface area contributed by atoms with Crippen molar-refractivity contribution in [3.05, 3.63) is 65.3 Å². The normalized spacial score (nSPS) is 14.7. The summed E-state index contributed by atoms with van der Waals surface area (Å²) in [6.45, 7) is 1.94. The number of benzene rings is 2. The van der Waals surface area contributed by atoms with Gasteiger partial charge in [-0.3, -0.25) is 4.72 Å². The first-order valence-corrected chi connectivity index (χ1v) is 12.5. The SMILES string of the molecule is Cc1cc(Nc2ccc(NS(=O)(=O)c3ccccc3Cl)cc2)nc(NC2CCCCC2)n1. The molecule has 1 fully saturated rings. The van der Waals surface area contributed by atoms with Gasteiger partial charge in [0, 0.05) is 29.2 Å². The highest BCUT2D eigenvalue weighted by Crippen LogP contribution is 2.25. The summed E-state index contributed by atoms with van der Waals surface area (Å²) in [4.78, 5) is 9.14. The second-order valence-corrected chi connectivity index (χ2v) is 9.99. The minimum absolute atomic E-state index is 0.0401. The monoisotopic (exact) mass is 471 g/mol. The van der Waals surface area contributed by atoms with Crippen LogP contribution in [0.3, 0.4) is 0 Å². The number of rotatable bonds is 7. The van der Waals surface area contributed by atoms with Crippen molar-refractivity contribution in [1.82, 2.24) is 9.97 Å². The minimum atomic E-state index is -3.77. The number of sulfonamides is 1. The van der Waals surface area contributed by atoms with Crippen molar-refractivity contribution < 1.29 is 8.42 Å². The molecule has 1 aliphatic carbocycles. The van der Waals surface area contributed by atoms with Crippen LogP contribution < -0.4 is 15.4 Å². The maximum atomic E-state index is 12.6. The van der Waals surface area contributed by atoms with E-state index in [2.05, 4.69) is 25.3 Å². The summed E-state index contributed by atoms with van der Waals surface area (Å²) in [5.74, 6) is 1.31. The van der Waals surface area contributed by atoms with Crippen molar-refractivity contribution in [2.75, 3.05) is 15.4 Å². The zero-order chi connectivity index (χ0) is 22.6. The number of nitrogens with zero attached hydrogens (tertiary/aromatic N) is 2. The fourth-order valence-corrected chi connectivity index (χ4v) is 5.35. The predicted octanol–water partition coefficient (Wildman–Crippen LogP) is 5.73. The summed E-state index contributed by atoms with van der Waals surface area (Å²) in [5, 5.41) is 6.89. The summed E-state index contributed by atoms with van der Waals surface area (Å²) in [5.41, 5.74) is 2.09. The van der Waals surface area contributed by atoms with E-state index in [1.54, 1.807) is 42.5 Å². The molecule has 168 valence electrons. The molecule has 0 spiro atoms. The number of hydrogen-bond acceptors (Lipinski definition) is 6. The standard InChI is InChI=1S/C23H26ClN5O2S/c1-16-15-22(28-23(25-16)27-17-7-3-2-4-8-17)26-18-11-13-19(14-12-18)29-32(30,31)21-10-6-5-9-20(21)24/h5-6,9-15,17,29H,2-4,7-8H2,1H3,(H2,25,26,27,28). The topological polar surface area (TPSA) is 96.0 Å². The number of aromatic nitrogens is 2. The van der Waals surface area contributed by atoms with E-state index < -0.39 is 10.0 Å². The van der Waals surface area contributed by atoms with Crippen molar-refractivity contribution in [1.29, 1.82) is 0 Å². The van der Waals surface area contributed by atoms with Gasteiger partial charge in [-0.25, -0.2) is 13.4 Å². The molecule has 0 saturated heterocycles. The number of aryl methyl sites for hydroxylation is 1. The van der Waals surface area contributed by atoms with E-state index in [-0.39, 0.29) is 9.92 Å². The van der Waals surface area contributed by atoms with Gasteiger partial charge in [0.05, 0.1) is 5.02 Å². The van der Waals surface area contributed by atoms with E-state index in [4.69, 9.17) is 11.6 Å². The van der Waals surface area contributed by atoms with Crippen molar-refractivity contribution in [3.8, 4) is 0 Å². The molecule has 0 radical (unpaired) electrons. The third-order valence-corrected chi connectivity index (χ3v) is 7.21. The average molecular weight is 472 g/mol. The molecule has 2 aromatic carbocycles. The second kappa shape index (κ2) is 9.75. The number of hydrogen-bond donors (Lipinski definition) is 3. The van der Waals surface area contributed by atoms with Gasteiger partial charge in [0.1, 0.15) is 10.7 Å². The van der Waals surface area contributed by atoms with Crippen LogP contribution in [0.4, 0.5) is 23.1 Å². The average Bonchev–Trinajstić information content (AvgIpc) is 2.75. The lowest BCUT2D eigenvalue weighted by molar-refractivity contribution is 0.461. The van der Waals surface area contributed by atoms with Crippen LogP contribution >= 0.6 is 11.6 Å². The number of nitrogens with one attached hydrogen (secondary N) is 3. The zero-order valence-corrected chi connectivity index (χ0v) is 19.4. The van der Waals surface area contributed by atoms with Crippen LogP contribution in [0, 0.1) is 6.92 Å². The zero-order valence-electron chi connectivity index (χ0n) is 17.8. The Balaban J connectivity index is 1.44. The van der Waals surface area contributed by atoms with E-state index in [9.17, 15) is 8.42 Å². The van der Waals surface area contributed by atoms with Crippen LogP contribution in [0.25, 0.3) is 0 Å². The van der Waals surface area contributed by atoms with Gasteiger partial charge in [0.15, 0.2) is 0 Å². The fraction of sp³-hybridized carbons (Fsp3) is 0.304. The highest BCUT2D eigenvalue weighted by atomic mass is 35.5. The second-order valence-electron chi connectivity index (χ2n) is 7.94. The van der Waals surface area contributed by atoms with Crippen molar-refractivity contribution in [3.63, 3.8) is 0 Å². The van der Waals surface area contributed by atoms with Gasteiger partial charge < -0.3 is 10.6 Å². The largest absolute Gasteiger partial charge is 0.351 e. The van der Waals surface area contributed by atoms with Crippen molar-refractivity contribution in [2.24, 2.45) is 0 Å². The molecule has 0 unspecified atom stereocenters. The molecule has 0 bridgehead atoms. The lowest BCUT2D eigenvalue weighted by atomic mass is 9.96. The third-order valence-electron chi connectivity index (χ3n) is 5.33. The Kier molecular flexibility index (Phi) is 6.81. The van der Waals surface area contributed by atoms with Crippen LogP contribution in [0.15, 0.2) is 59.5 Å². The first-order chi connectivity index (χ1) is 15.4. The van der Waals surface area contributed by atoms with Crippen LogP contribution in [-0.4, -0.2) is 24.4 Å². The fourth-order valence-electron chi connectivity index (χ4n) is 3.77. The molecule has 0 aliphatic heterocycles. The first kappa shape index (κ1) is 22.4. The molecule has 32 heavy (non-hydrogen) atoms. The molecule has 4 rings (SSSR count). The van der Waals surface area contributed by atoms with Crippen molar-refractivity contribution >= 4 is 44.8 Å². The minimum Gasteiger partial charge on any atom is -0.351 e. The van der Waals surface area contributed by atoms with Gasteiger partial charge in [-0.15, -0.1) is 0 Å². The lowest BCUT2D eigenvalue weighted by Crippen LogP contribution is -2.23. The Bertz CT molecular complexity index is 1180. The van der Waals surface area contributed by atoms with E-state index >= 15 is 0 Å². The van der Waals surface area contributed by atoms with E-state index in [1.165, 1.54) is 25.3 Å². The molecular formula is C23H26ClN5O2S. The van der Waals surface area contributed by atoms with Gasteiger partial charge in [-0.2, -0.15) is 4.98 Å². The number of halogens is 1. The molecule has 0 amide bonds. The Morgan fingerprint density at radius 2 is 1.62 bits per heavy atom. The molecule has 1 aliphatic rings. The van der Waals surface area contributed by atoms with Crippen LogP contribution in [0.5, 0.6) is 0 Å². The molecule has 3 aromatic rings. The molecule has 9 heteroatoms. The van der Waals surface area contributed by atoms with Crippen LogP contribution in [0.2, 0.25) is 5.02 Å². The highest BCUT2D eigenvalue weighted by molar-refractivity contribution is 7.92. The summed E-state index contributed by atoms with van der Waals surface area (Å²) in [6.07, 6.45) is 6.06. The van der Waals surface area contributed by atoms with E-state index in [0.29, 0.717) is 23.5 Å². The van der Waals surface area contributed by atoms with E-state index in [1.807, 2.05) is 13.0 Å².